The van der Waals surface area contributed by atoms with E-state index in [-0.39, 0.29) is 88.0 Å². The molecule has 30 heavy (non-hydrogen) atoms. The van der Waals surface area contributed by atoms with Crippen molar-refractivity contribution in [3.63, 3.8) is 0 Å². The van der Waals surface area contributed by atoms with Crippen LogP contribution in [0.15, 0.2) is 12.7 Å². The fourth-order valence-corrected chi connectivity index (χ4v) is 3.55. The van der Waals surface area contributed by atoms with E-state index in [1.54, 1.807) is 13.8 Å². The van der Waals surface area contributed by atoms with E-state index in [1.807, 2.05) is 6.08 Å². The number of aliphatic hydroxyl groups excluding tert-OH is 1. The zero-order chi connectivity index (χ0) is 22.3. The summed E-state index contributed by atoms with van der Waals surface area (Å²) in [6.07, 6.45) is 5.48. The van der Waals surface area contributed by atoms with Crippen LogP contribution in [-0.4, -0.2) is 71.9 Å². The Balaban J connectivity index is 0. The molecule has 0 aromatic rings. The molecule has 0 radical (unpaired) electrons. The van der Waals surface area contributed by atoms with Crippen LogP contribution in [0.1, 0.15) is 52.4 Å². The second-order valence-electron chi connectivity index (χ2n) is 7.63. The van der Waals surface area contributed by atoms with Crippen LogP contribution >= 0.6 is 0 Å². The van der Waals surface area contributed by atoms with E-state index in [0.29, 0.717) is 32.4 Å². The molecular formula is C21H38KN2O6+. The number of carboxylic acid groups (broad SMARTS) is 2. The molecule has 168 valence electrons. The van der Waals surface area contributed by atoms with E-state index in [2.05, 4.69) is 11.9 Å². The first-order chi connectivity index (χ1) is 13.7. The summed E-state index contributed by atoms with van der Waals surface area (Å²) in [6, 6.07) is 0. The molecular weight excluding hydrogens is 415 g/mol. The van der Waals surface area contributed by atoms with Crippen molar-refractivity contribution in [2.24, 2.45) is 11.8 Å². The van der Waals surface area contributed by atoms with Crippen molar-refractivity contribution in [1.29, 1.82) is 0 Å². The number of rotatable bonds is 18. The van der Waals surface area contributed by atoms with Gasteiger partial charge in [0.25, 0.3) is 0 Å². The zero-order valence-corrected chi connectivity index (χ0v) is 22.0. The molecule has 0 aliphatic carbocycles. The van der Waals surface area contributed by atoms with Crippen molar-refractivity contribution in [2.75, 3.05) is 39.3 Å². The van der Waals surface area contributed by atoms with Crippen LogP contribution in [0.2, 0.25) is 0 Å². The van der Waals surface area contributed by atoms with E-state index < -0.39 is 23.8 Å². The Morgan fingerprint density at radius 1 is 1.10 bits per heavy atom. The van der Waals surface area contributed by atoms with Crippen molar-refractivity contribution >= 4 is 17.8 Å². The van der Waals surface area contributed by atoms with Crippen molar-refractivity contribution in [2.45, 2.75) is 52.4 Å². The van der Waals surface area contributed by atoms with Crippen LogP contribution in [0.4, 0.5) is 0 Å². The maximum atomic E-state index is 12.0. The molecule has 0 heterocycles. The van der Waals surface area contributed by atoms with Gasteiger partial charge < -0.3 is 29.9 Å². The fraction of sp³-hybridized carbons (Fsp3) is 0.762. The predicted octanol–water partition coefficient (Wildman–Crippen LogP) is -2.45. The van der Waals surface area contributed by atoms with Crippen molar-refractivity contribution in [1.82, 2.24) is 5.32 Å². The maximum Gasteiger partial charge on any atom is 1.00 e. The second kappa shape index (κ2) is 18.3. The molecule has 0 rings (SSSR count). The minimum absolute atomic E-state index is 0. The Bertz CT molecular complexity index is 506. The van der Waals surface area contributed by atoms with Gasteiger partial charge in [-0.1, -0.05) is 19.9 Å². The molecule has 0 saturated heterocycles. The van der Waals surface area contributed by atoms with Crippen molar-refractivity contribution in [3.8, 4) is 0 Å². The van der Waals surface area contributed by atoms with Gasteiger partial charge in [-0.05, 0) is 32.1 Å². The Morgan fingerprint density at radius 3 is 2.17 bits per heavy atom. The summed E-state index contributed by atoms with van der Waals surface area (Å²) in [6.45, 7) is 8.20. The third-order valence-corrected chi connectivity index (χ3v) is 5.43. The summed E-state index contributed by atoms with van der Waals surface area (Å²) >= 11 is 0. The number of unbranched alkanes of at least 4 members (excludes halogenated alkanes) is 2. The number of hydrogen-bond acceptors (Lipinski definition) is 5. The van der Waals surface area contributed by atoms with Gasteiger partial charge in [0.05, 0.1) is 38.8 Å². The molecule has 1 amide bonds. The van der Waals surface area contributed by atoms with Gasteiger partial charge in [0, 0.05) is 12.3 Å². The molecule has 0 spiro atoms. The van der Waals surface area contributed by atoms with E-state index >= 15 is 0 Å². The number of nitrogens with one attached hydrogen (secondary N) is 1. The van der Waals surface area contributed by atoms with E-state index in [1.165, 1.54) is 0 Å². The number of carbonyl (C=O) groups is 3. The number of aliphatic hydroxyl groups is 1. The van der Waals surface area contributed by atoms with Gasteiger partial charge in [0.2, 0.25) is 5.91 Å². The number of nitrogens with zero attached hydrogens (tertiary/aromatic N) is 1. The Morgan fingerprint density at radius 2 is 1.70 bits per heavy atom. The van der Waals surface area contributed by atoms with Gasteiger partial charge in [-0.25, -0.2) is 0 Å². The molecule has 0 aliphatic rings. The van der Waals surface area contributed by atoms with Gasteiger partial charge in [-0.3, -0.25) is 9.59 Å². The van der Waals surface area contributed by atoms with Crippen LogP contribution < -0.4 is 61.8 Å². The molecule has 8 nitrogen and oxygen atoms in total. The van der Waals surface area contributed by atoms with Gasteiger partial charge in [0.15, 0.2) is 0 Å². The number of aliphatic carboxylic acids is 2. The van der Waals surface area contributed by atoms with Gasteiger partial charge in [-0.15, -0.1) is 6.58 Å². The Hall–Kier alpha value is -0.294. The topological polar surface area (TPSA) is 127 Å². The van der Waals surface area contributed by atoms with Crippen LogP contribution in [0.5, 0.6) is 0 Å². The number of hydrogen-bond donors (Lipinski definition) is 3. The molecule has 0 bridgehead atoms. The molecule has 3 N–H and O–H groups in total. The number of carbonyl (C=O) groups excluding carboxylic acids is 2. The SMILES string of the molecule is C=CCCCCC(=O)NCC[N+](CCO)(CC(CC)C(=O)[O-])CC(CC)C(=O)O.[K+]. The minimum Gasteiger partial charge on any atom is -0.550 e. The first-order valence-corrected chi connectivity index (χ1v) is 10.5. The molecule has 0 fully saturated rings. The van der Waals surface area contributed by atoms with E-state index in [0.717, 1.165) is 19.3 Å². The maximum absolute atomic E-state index is 12.0. The van der Waals surface area contributed by atoms with Gasteiger partial charge >= 0.3 is 57.4 Å². The monoisotopic (exact) mass is 453 g/mol. The summed E-state index contributed by atoms with van der Waals surface area (Å²) < 4.78 is 0.116. The molecule has 0 aromatic heterocycles. The molecule has 3 unspecified atom stereocenters. The summed E-state index contributed by atoms with van der Waals surface area (Å²) in [4.78, 5) is 35.1. The molecule has 0 saturated carbocycles. The van der Waals surface area contributed by atoms with Crippen LogP contribution in [0, 0.1) is 11.8 Å². The standard InChI is InChI=1S/C21H38N2O6.K/c1-4-7-8-9-10-19(25)22-11-12-23(13-14-24,15-17(5-2)20(26)27)16-18(6-3)21(28)29;/h4,17-18,24H,1,5-16H2,2-3H3,(H2-,22,25,26,27,28,29);/q;+1. The average molecular weight is 454 g/mol. The molecule has 9 heteroatoms. The summed E-state index contributed by atoms with van der Waals surface area (Å²) in [5.74, 6) is -3.62. The quantitative estimate of drug-likeness (QED) is 0.0915. The third-order valence-electron chi connectivity index (χ3n) is 5.43. The van der Waals surface area contributed by atoms with Gasteiger partial charge in [0.1, 0.15) is 12.5 Å². The molecule has 3 atom stereocenters. The Kier molecular flexibility index (Phi) is 19.4. The molecule has 0 aliphatic heterocycles. The number of amides is 1. The third kappa shape index (κ3) is 13.2. The fourth-order valence-electron chi connectivity index (χ4n) is 3.55. The van der Waals surface area contributed by atoms with Crippen LogP contribution in [0.25, 0.3) is 0 Å². The Labute approximate surface area is 223 Å². The smallest absolute Gasteiger partial charge is 0.550 e. The summed E-state index contributed by atoms with van der Waals surface area (Å²) in [7, 11) is 0. The average Bonchev–Trinajstić information content (AvgIpc) is 2.67. The zero-order valence-electron chi connectivity index (χ0n) is 18.9. The van der Waals surface area contributed by atoms with Crippen molar-refractivity contribution < 1.29 is 85.6 Å². The largest absolute Gasteiger partial charge is 1.00 e. The van der Waals surface area contributed by atoms with Crippen LogP contribution in [0.3, 0.4) is 0 Å². The van der Waals surface area contributed by atoms with Crippen LogP contribution in [-0.2, 0) is 14.4 Å². The first kappa shape index (κ1) is 31.9. The van der Waals surface area contributed by atoms with Crippen molar-refractivity contribution in [3.05, 3.63) is 12.7 Å². The normalized spacial score (nSPS) is 14.6. The number of allylic oxidation sites excluding steroid dienone is 1. The minimum atomic E-state index is -1.18. The van der Waals surface area contributed by atoms with Gasteiger partial charge in [-0.2, -0.15) is 0 Å². The van der Waals surface area contributed by atoms with E-state index in [4.69, 9.17) is 0 Å². The predicted molar refractivity (Wildman–Crippen MR) is 109 cm³/mol. The first-order valence-electron chi connectivity index (χ1n) is 10.5. The summed E-state index contributed by atoms with van der Waals surface area (Å²) in [5, 5.41) is 33.4. The summed E-state index contributed by atoms with van der Waals surface area (Å²) in [5.41, 5.74) is 0. The van der Waals surface area contributed by atoms with E-state index in [9.17, 15) is 29.7 Å². The molecule has 0 aromatic carbocycles. The number of carboxylic acids is 2. The second-order valence-corrected chi connectivity index (χ2v) is 7.63. The number of quaternary nitrogens is 1.